The molecule has 0 aromatic carbocycles. The molecule has 0 aliphatic rings. The molecule has 0 radical (unpaired) electrons. The maximum atomic E-state index is 3.44. The number of hydrazone groups is 1. The van der Waals surface area contributed by atoms with Crippen molar-refractivity contribution in [1.82, 2.24) is 16.3 Å². The lowest BCUT2D eigenvalue weighted by molar-refractivity contribution is 0.620. The van der Waals surface area contributed by atoms with Crippen molar-refractivity contribution >= 4 is 6.72 Å². The molecule has 0 atom stereocenters. The third-order valence-electron chi connectivity index (χ3n) is 0.835. The van der Waals surface area contributed by atoms with Gasteiger partial charge in [0.05, 0.1) is 0 Å². The molecule has 0 saturated heterocycles. The number of hydrogen-bond donors (Lipinski definition) is 3. The first-order valence-corrected chi connectivity index (χ1v) is 3.18. The zero-order valence-corrected chi connectivity index (χ0v) is 6.44. The van der Waals surface area contributed by atoms with Crippen molar-refractivity contribution in [2.24, 2.45) is 5.10 Å². The third-order valence-corrected chi connectivity index (χ3v) is 0.835. The van der Waals surface area contributed by atoms with Crippen LogP contribution in [0.4, 0.5) is 0 Å². The van der Waals surface area contributed by atoms with Crippen molar-refractivity contribution in [2.75, 3.05) is 6.54 Å². The Morgan fingerprint density at radius 1 is 1.70 bits per heavy atom. The summed E-state index contributed by atoms with van der Waals surface area (Å²) in [7, 11) is 0. The highest BCUT2D eigenvalue weighted by molar-refractivity contribution is 5.22. The van der Waals surface area contributed by atoms with Gasteiger partial charge in [0.2, 0.25) is 0 Å². The Hall–Kier alpha value is -1.03. The molecule has 0 spiro atoms. The molecule has 0 amide bonds. The molecule has 0 unspecified atom stereocenters. The van der Waals surface area contributed by atoms with Crippen molar-refractivity contribution in [3.8, 4) is 0 Å². The highest BCUT2D eigenvalue weighted by Crippen LogP contribution is 1.78. The SMILES string of the molecule is C=NN/C=C(/C)NNCC. The van der Waals surface area contributed by atoms with Crippen molar-refractivity contribution in [2.45, 2.75) is 13.8 Å². The summed E-state index contributed by atoms with van der Waals surface area (Å²) in [5.41, 5.74) is 9.44. The predicted octanol–water partition coefficient (Wildman–Crippen LogP) is 0.167. The average Bonchev–Trinajstić information content (AvgIpc) is 1.97. The van der Waals surface area contributed by atoms with E-state index in [2.05, 4.69) is 28.1 Å². The molecule has 0 bridgehead atoms. The van der Waals surface area contributed by atoms with E-state index < -0.39 is 0 Å². The third kappa shape index (κ3) is 5.11. The van der Waals surface area contributed by atoms with Gasteiger partial charge in [0.15, 0.2) is 0 Å². The molecule has 0 saturated carbocycles. The van der Waals surface area contributed by atoms with Crippen LogP contribution in [0.1, 0.15) is 13.8 Å². The van der Waals surface area contributed by atoms with Gasteiger partial charge in [-0.05, 0) is 6.92 Å². The van der Waals surface area contributed by atoms with Gasteiger partial charge in [-0.1, -0.05) is 6.92 Å². The van der Waals surface area contributed by atoms with Crippen LogP contribution in [0, 0.1) is 0 Å². The molecule has 0 rings (SSSR count). The Morgan fingerprint density at radius 2 is 2.40 bits per heavy atom. The summed E-state index contributed by atoms with van der Waals surface area (Å²) in [6.45, 7) is 8.07. The van der Waals surface area contributed by atoms with E-state index in [0.717, 1.165) is 12.2 Å². The van der Waals surface area contributed by atoms with E-state index >= 15 is 0 Å². The highest BCUT2D eigenvalue weighted by atomic mass is 15.4. The van der Waals surface area contributed by atoms with Crippen LogP contribution in [0.3, 0.4) is 0 Å². The second-order valence-electron chi connectivity index (χ2n) is 1.77. The van der Waals surface area contributed by atoms with Crippen LogP contribution in [0.25, 0.3) is 0 Å². The van der Waals surface area contributed by atoms with Crippen molar-refractivity contribution in [3.05, 3.63) is 11.9 Å². The number of nitrogens with one attached hydrogen (secondary N) is 3. The van der Waals surface area contributed by atoms with Gasteiger partial charge in [-0.25, -0.2) is 5.43 Å². The smallest absolute Gasteiger partial charge is 0.0407 e. The van der Waals surface area contributed by atoms with E-state index in [1.807, 2.05) is 13.8 Å². The molecule has 0 heterocycles. The monoisotopic (exact) mass is 142 g/mol. The lowest BCUT2D eigenvalue weighted by Gasteiger charge is -2.04. The standard InChI is InChI=1S/C6H14N4/c1-4-8-10-6(2)5-9-7-3/h5,8-10H,3-4H2,1-2H3/b6-5-. The van der Waals surface area contributed by atoms with Crippen LogP contribution in [-0.4, -0.2) is 13.3 Å². The number of hydrogen-bond acceptors (Lipinski definition) is 4. The summed E-state index contributed by atoms with van der Waals surface area (Å²) in [6.07, 6.45) is 1.72. The van der Waals surface area contributed by atoms with Gasteiger partial charge in [0, 0.05) is 25.2 Å². The van der Waals surface area contributed by atoms with Gasteiger partial charge in [0.25, 0.3) is 0 Å². The topological polar surface area (TPSA) is 48.5 Å². The molecule has 0 aliphatic heterocycles. The summed E-state index contributed by atoms with van der Waals surface area (Å²) >= 11 is 0. The van der Waals surface area contributed by atoms with Crippen molar-refractivity contribution in [3.63, 3.8) is 0 Å². The Bertz CT molecular complexity index is 119. The molecule has 0 aromatic rings. The summed E-state index contributed by atoms with van der Waals surface area (Å²) in [5.74, 6) is 0. The number of nitrogens with zero attached hydrogens (tertiary/aromatic N) is 1. The molecule has 0 fully saturated rings. The van der Waals surface area contributed by atoms with Crippen LogP contribution in [0.5, 0.6) is 0 Å². The van der Waals surface area contributed by atoms with Gasteiger partial charge in [0.1, 0.15) is 0 Å². The predicted molar refractivity (Wildman–Crippen MR) is 43.3 cm³/mol. The summed E-state index contributed by atoms with van der Waals surface area (Å²) < 4.78 is 0. The minimum Gasteiger partial charge on any atom is -0.324 e. The first kappa shape index (κ1) is 8.97. The lowest BCUT2D eigenvalue weighted by Crippen LogP contribution is -2.30. The first-order valence-electron chi connectivity index (χ1n) is 3.18. The van der Waals surface area contributed by atoms with Crippen molar-refractivity contribution in [1.29, 1.82) is 0 Å². The van der Waals surface area contributed by atoms with Crippen LogP contribution in [0.2, 0.25) is 0 Å². The zero-order chi connectivity index (χ0) is 7.82. The van der Waals surface area contributed by atoms with E-state index in [-0.39, 0.29) is 0 Å². The molecule has 58 valence electrons. The summed E-state index contributed by atoms with van der Waals surface area (Å²) in [6, 6.07) is 0. The second kappa shape index (κ2) is 6.10. The highest BCUT2D eigenvalue weighted by Gasteiger charge is 1.81. The Morgan fingerprint density at radius 3 is 2.90 bits per heavy atom. The second-order valence-corrected chi connectivity index (χ2v) is 1.77. The Labute approximate surface area is 61.4 Å². The Balaban J connectivity index is 3.38. The van der Waals surface area contributed by atoms with Gasteiger partial charge in [-0.3, -0.25) is 5.43 Å². The molecule has 4 heteroatoms. The average molecular weight is 142 g/mol. The number of allylic oxidation sites excluding steroid dienone is 1. The molecular weight excluding hydrogens is 128 g/mol. The first-order chi connectivity index (χ1) is 4.81. The fourth-order valence-electron chi connectivity index (χ4n) is 0.406. The van der Waals surface area contributed by atoms with E-state index in [9.17, 15) is 0 Å². The largest absolute Gasteiger partial charge is 0.324 e. The van der Waals surface area contributed by atoms with Crippen molar-refractivity contribution < 1.29 is 0 Å². The number of rotatable bonds is 5. The van der Waals surface area contributed by atoms with E-state index in [1.54, 1.807) is 6.20 Å². The lowest BCUT2D eigenvalue weighted by atomic mass is 10.6. The Kier molecular flexibility index (Phi) is 5.47. The summed E-state index contributed by atoms with van der Waals surface area (Å²) in [5, 5.41) is 3.44. The molecule has 10 heavy (non-hydrogen) atoms. The normalized spacial score (nSPS) is 10.8. The molecular formula is C6H14N4. The maximum Gasteiger partial charge on any atom is 0.0407 e. The molecule has 4 nitrogen and oxygen atoms in total. The quantitative estimate of drug-likeness (QED) is 0.379. The van der Waals surface area contributed by atoms with Crippen LogP contribution in [0.15, 0.2) is 17.0 Å². The van der Waals surface area contributed by atoms with Gasteiger partial charge < -0.3 is 5.43 Å². The zero-order valence-electron chi connectivity index (χ0n) is 6.44. The molecule has 0 aliphatic carbocycles. The van der Waals surface area contributed by atoms with E-state index in [4.69, 9.17) is 0 Å². The fourth-order valence-corrected chi connectivity index (χ4v) is 0.406. The van der Waals surface area contributed by atoms with Crippen LogP contribution < -0.4 is 16.3 Å². The fraction of sp³-hybridized carbons (Fsp3) is 0.500. The molecule has 3 N–H and O–H groups in total. The van der Waals surface area contributed by atoms with E-state index in [0.29, 0.717) is 0 Å². The van der Waals surface area contributed by atoms with Crippen LogP contribution >= 0.6 is 0 Å². The van der Waals surface area contributed by atoms with Gasteiger partial charge in [-0.15, -0.1) is 0 Å². The van der Waals surface area contributed by atoms with Crippen LogP contribution in [-0.2, 0) is 0 Å². The minimum absolute atomic E-state index is 0.882. The maximum absolute atomic E-state index is 3.44. The number of hydrazine groups is 1. The minimum atomic E-state index is 0.882. The van der Waals surface area contributed by atoms with Gasteiger partial charge >= 0.3 is 0 Å². The van der Waals surface area contributed by atoms with E-state index in [1.165, 1.54) is 0 Å². The van der Waals surface area contributed by atoms with Gasteiger partial charge in [-0.2, -0.15) is 5.10 Å². The molecule has 0 aromatic heterocycles. The summed E-state index contributed by atoms with van der Waals surface area (Å²) in [4.78, 5) is 0.